The van der Waals surface area contributed by atoms with Crippen molar-refractivity contribution in [3.8, 4) is 0 Å². The normalized spacial score (nSPS) is 14.7. The van der Waals surface area contributed by atoms with Crippen LogP contribution in [0.3, 0.4) is 0 Å². The van der Waals surface area contributed by atoms with E-state index < -0.39 is 5.97 Å². The van der Waals surface area contributed by atoms with Crippen molar-refractivity contribution in [2.45, 2.75) is 12.8 Å². The Labute approximate surface area is 184 Å². The van der Waals surface area contributed by atoms with Gasteiger partial charge in [0.25, 0.3) is 0 Å². The van der Waals surface area contributed by atoms with Crippen LogP contribution in [0.4, 0.5) is 11.4 Å². The minimum atomic E-state index is -0.523. The van der Waals surface area contributed by atoms with E-state index in [-0.39, 0.29) is 5.71 Å². The number of carbonyl (C=O) groups is 1. The van der Waals surface area contributed by atoms with E-state index in [1.807, 2.05) is 43.8 Å². The average Bonchev–Trinajstić information content (AvgIpc) is 3.33. The number of hydrazone groups is 1. The third kappa shape index (κ3) is 5.22. The molecule has 31 heavy (non-hydrogen) atoms. The van der Waals surface area contributed by atoms with E-state index in [1.54, 1.807) is 11.1 Å². The number of hydrogen-bond acceptors (Lipinski definition) is 5. The van der Waals surface area contributed by atoms with Gasteiger partial charge in [0.2, 0.25) is 0 Å². The molecule has 1 aliphatic rings. The van der Waals surface area contributed by atoms with Crippen molar-refractivity contribution >= 4 is 33.8 Å². The SMILES string of the molecule is C=C(/C=C\C=C/[NH2+]C)/C(=N/N(C)c1ccc(N2CCCC2)c2ccccc12)C(=O)OC. The lowest BCUT2D eigenvalue weighted by Crippen LogP contribution is -2.72. The van der Waals surface area contributed by atoms with Crippen molar-refractivity contribution in [2.75, 3.05) is 44.2 Å². The Hall–Kier alpha value is -3.38. The number of quaternary nitrogens is 1. The molecule has 3 rings (SSSR count). The number of methoxy groups -OCH3 is 1. The van der Waals surface area contributed by atoms with Gasteiger partial charge in [-0.25, -0.2) is 4.79 Å². The van der Waals surface area contributed by atoms with Crippen molar-refractivity contribution < 1.29 is 14.8 Å². The van der Waals surface area contributed by atoms with E-state index in [4.69, 9.17) is 4.74 Å². The molecule has 6 heteroatoms. The number of nitrogens with two attached hydrogens (primary N) is 1. The molecule has 1 fully saturated rings. The third-order valence-electron chi connectivity index (χ3n) is 5.32. The Morgan fingerprint density at radius 2 is 1.87 bits per heavy atom. The maximum atomic E-state index is 12.4. The number of anilines is 2. The minimum Gasteiger partial charge on any atom is -0.464 e. The zero-order valence-electron chi connectivity index (χ0n) is 18.5. The summed E-state index contributed by atoms with van der Waals surface area (Å²) in [6.07, 6.45) is 9.79. The molecule has 0 atom stereocenters. The van der Waals surface area contributed by atoms with Gasteiger partial charge in [-0.05, 0) is 31.1 Å². The van der Waals surface area contributed by atoms with Crippen LogP contribution in [0.2, 0.25) is 0 Å². The predicted octanol–water partition coefficient (Wildman–Crippen LogP) is 3.22. The summed E-state index contributed by atoms with van der Waals surface area (Å²) < 4.78 is 4.95. The third-order valence-corrected chi connectivity index (χ3v) is 5.32. The first-order valence-electron chi connectivity index (χ1n) is 10.6. The fourth-order valence-electron chi connectivity index (χ4n) is 3.75. The predicted molar refractivity (Wildman–Crippen MR) is 129 cm³/mol. The second-order valence-corrected chi connectivity index (χ2v) is 7.41. The maximum Gasteiger partial charge on any atom is 0.359 e. The van der Waals surface area contributed by atoms with E-state index in [9.17, 15) is 4.79 Å². The number of fused-ring (bicyclic) bond motifs is 1. The lowest BCUT2D eigenvalue weighted by molar-refractivity contribution is -0.556. The van der Waals surface area contributed by atoms with Gasteiger partial charge >= 0.3 is 5.97 Å². The molecule has 0 aromatic heterocycles. The van der Waals surface area contributed by atoms with Crippen LogP contribution in [0.25, 0.3) is 10.8 Å². The van der Waals surface area contributed by atoms with Crippen LogP contribution in [0.5, 0.6) is 0 Å². The number of esters is 1. The van der Waals surface area contributed by atoms with Gasteiger partial charge in [-0.15, -0.1) is 0 Å². The number of ether oxygens (including phenoxy) is 1. The second-order valence-electron chi connectivity index (χ2n) is 7.41. The topological polar surface area (TPSA) is 61.8 Å². The van der Waals surface area contributed by atoms with Gasteiger partial charge < -0.3 is 15.0 Å². The number of nitrogens with zero attached hydrogens (tertiary/aromatic N) is 3. The highest BCUT2D eigenvalue weighted by Crippen LogP contribution is 2.35. The fourth-order valence-corrected chi connectivity index (χ4v) is 3.75. The fraction of sp³-hybridized carbons (Fsp3) is 0.280. The monoisotopic (exact) mass is 419 g/mol. The lowest BCUT2D eigenvalue weighted by Gasteiger charge is -2.23. The highest BCUT2D eigenvalue weighted by Gasteiger charge is 2.19. The number of hydrogen-bond donors (Lipinski definition) is 1. The molecule has 0 bridgehead atoms. The zero-order valence-corrected chi connectivity index (χ0v) is 18.5. The van der Waals surface area contributed by atoms with E-state index >= 15 is 0 Å². The Bertz CT molecular complexity index is 1030. The number of carbonyl (C=O) groups excluding carboxylic acids is 1. The van der Waals surface area contributed by atoms with Crippen molar-refractivity contribution in [2.24, 2.45) is 5.10 Å². The van der Waals surface area contributed by atoms with Gasteiger partial charge in [0.1, 0.15) is 0 Å². The molecule has 2 N–H and O–H groups in total. The summed E-state index contributed by atoms with van der Waals surface area (Å²) in [4.78, 5) is 14.8. The molecule has 2 aromatic rings. The Kier molecular flexibility index (Phi) is 7.62. The summed E-state index contributed by atoms with van der Waals surface area (Å²) in [7, 11) is 5.12. The van der Waals surface area contributed by atoms with Crippen molar-refractivity contribution in [3.05, 3.63) is 73.0 Å². The molecule has 0 amide bonds. The maximum absolute atomic E-state index is 12.4. The van der Waals surface area contributed by atoms with E-state index in [1.165, 1.54) is 31.0 Å². The van der Waals surface area contributed by atoms with E-state index in [0.717, 1.165) is 24.2 Å². The van der Waals surface area contributed by atoms with Crippen molar-refractivity contribution in [1.29, 1.82) is 0 Å². The summed E-state index contributed by atoms with van der Waals surface area (Å²) in [5.74, 6) is -0.523. The molecule has 162 valence electrons. The molecule has 1 heterocycles. The summed E-state index contributed by atoms with van der Waals surface area (Å²) >= 11 is 0. The molecular weight excluding hydrogens is 388 g/mol. The quantitative estimate of drug-likeness (QED) is 0.309. The second kappa shape index (κ2) is 10.6. The molecule has 1 saturated heterocycles. The van der Waals surface area contributed by atoms with E-state index in [2.05, 4.69) is 46.9 Å². The molecule has 6 nitrogen and oxygen atoms in total. The van der Waals surface area contributed by atoms with Gasteiger partial charge in [0.05, 0.1) is 26.0 Å². The molecule has 0 unspecified atom stereocenters. The number of allylic oxidation sites excluding steroid dienone is 3. The highest BCUT2D eigenvalue weighted by molar-refractivity contribution is 6.44. The van der Waals surface area contributed by atoms with Crippen molar-refractivity contribution in [3.63, 3.8) is 0 Å². The zero-order chi connectivity index (χ0) is 22.2. The first kappa shape index (κ1) is 22.3. The first-order chi connectivity index (χ1) is 15.1. The van der Waals surface area contributed by atoms with Gasteiger partial charge in [-0.2, -0.15) is 5.10 Å². The van der Waals surface area contributed by atoms with E-state index in [0.29, 0.717) is 5.57 Å². The van der Waals surface area contributed by atoms with Crippen LogP contribution in [-0.2, 0) is 9.53 Å². The van der Waals surface area contributed by atoms with Gasteiger partial charge in [0.15, 0.2) is 5.71 Å². The molecule has 0 spiro atoms. The van der Waals surface area contributed by atoms with Crippen LogP contribution in [0, 0.1) is 0 Å². The molecule has 1 aliphatic heterocycles. The molecule has 2 aromatic carbocycles. The van der Waals surface area contributed by atoms with Gasteiger partial charge in [0, 0.05) is 42.2 Å². The summed E-state index contributed by atoms with van der Waals surface area (Å²) in [5.41, 5.74) is 2.81. The standard InChI is InChI=1S/C25H30N4O2/c1-19(11-7-8-16-26-2)24(25(30)31-4)27-28(3)22-14-15-23(29-17-9-10-18-29)21-13-6-5-12-20(21)22/h5-8,11-16,26H,1,9-10,17-18H2,2-4H3/p+1/b11-7-,16-8-,27-24-. The largest absolute Gasteiger partial charge is 0.464 e. The van der Waals surface area contributed by atoms with Crippen LogP contribution in [0.1, 0.15) is 12.8 Å². The molecule has 0 radical (unpaired) electrons. The highest BCUT2D eigenvalue weighted by atomic mass is 16.5. The van der Waals surface area contributed by atoms with Crippen LogP contribution < -0.4 is 15.2 Å². The average molecular weight is 420 g/mol. The molecular formula is C25H31N4O2+. The van der Waals surface area contributed by atoms with Crippen LogP contribution in [-0.4, -0.2) is 46.0 Å². The molecule has 0 saturated carbocycles. The smallest absolute Gasteiger partial charge is 0.359 e. The first-order valence-corrected chi connectivity index (χ1v) is 10.6. The number of rotatable bonds is 8. The minimum absolute atomic E-state index is 0.169. The van der Waals surface area contributed by atoms with Crippen LogP contribution >= 0.6 is 0 Å². The van der Waals surface area contributed by atoms with Gasteiger partial charge in [-0.3, -0.25) is 5.01 Å². The number of benzene rings is 2. The van der Waals surface area contributed by atoms with Gasteiger partial charge in [-0.1, -0.05) is 43.0 Å². The summed E-state index contributed by atoms with van der Waals surface area (Å²) in [6.45, 7) is 6.17. The summed E-state index contributed by atoms with van der Waals surface area (Å²) in [5, 5.41) is 10.5. The van der Waals surface area contributed by atoms with Crippen molar-refractivity contribution in [1.82, 2.24) is 0 Å². The summed E-state index contributed by atoms with van der Waals surface area (Å²) in [6, 6.07) is 12.5. The Morgan fingerprint density at radius 1 is 1.16 bits per heavy atom. The van der Waals surface area contributed by atoms with Crippen LogP contribution in [0.15, 0.2) is 78.1 Å². The molecule has 0 aliphatic carbocycles. The Morgan fingerprint density at radius 3 is 2.55 bits per heavy atom. The lowest BCUT2D eigenvalue weighted by atomic mass is 10.1. The Balaban J connectivity index is 1.98.